The number of halogens is 1. The van der Waals surface area contributed by atoms with Crippen LogP contribution in [0.1, 0.15) is 11.3 Å². The monoisotopic (exact) mass is 312 g/mol. The Morgan fingerprint density at radius 3 is 2.76 bits per heavy atom. The Morgan fingerprint density at radius 1 is 1.43 bits per heavy atom. The number of hydrogen-bond donors (Lipinski definition) is 2. The van der Waals surface area contributed by atoms with Crippen molar-refractivity contribution in [1.82, 2.24) is 14.5 Å². The topological polar surface area (TPSA) is 90.0 Å². The molecule has 0 saturated carbocycles. The summed E-state index contributed by atoms with van der Waals surface area (Å²) in [5.41, 5.74) is 6.86. The summed E-state index contributed by atoms with van der Waals surface area (Å²) in [6.07, 6.45) is 2.09. The first-order valence-corrected chi connectivity index (χ1v) is 7.82. The maximum atomic E-state index is 14.0. The summed E-state index contributed by atoms with van der Waals surface area (Å²) in [7, 11) is -2.17. The van der Waals surface area contributed by atoms with Crippen molar-refractivity contribution in [2.24, 2.45) is 7.05 Å². The van der Waals surface area contributed by atoms with Gasteiger partial charge in [-0.3, -0.25) is 4.68 Å². The SMILES string of the molecule is Cc1cc(N)cc(S(=O)(=O)NCCc2ccnn2C)c1F. The summed E-state index contributed by atoms with van der Waals surface area (Å²) in [5.74, 6) is -0.780. The van der Waals surface area contributed by atoms with Crippen molar-refractivity contribution in [2.45, 2.75) is 18.2 Å². The third kappa shape index (κ3) is 3.40. The van der Waals surface area contributed by atoms with Gasteiger partial charge in [-0.25, -0.2) is 17.5 Å². The average molecular weight is 312 g/mol. The van der Waals surface area contributed by atoms with E-state index >= 15 is 0 Å². The minimum absolute atomic E-state index is 0.148. The lowest BCUT2D eigenvalue weighted by Crippen LogP contribution is -2.27. The number of anilines is 1. The third-order valence-electron chi connectivity index (χ3n) is 3.13. The molecule has 0 amide bonds. The van der Waals surface area contributed by atoms with Crippen LogP contribution in [0.4, 0.5) is 10.1 Å². The molecule has 0 fully saturated rings. The largest absolute Gasteiger partial charge is 0.399 e. The quantitative estimate of drug-likeness (QED) is 0.805. The van der Waals surface area contributed by atoms with Crippen LogP contribution in [0.5, 0.6) is 0 Å². The normalized spacial score (nSPS) is 11.8. The molecular weight excluding hydrogens is 295 g/mol. The number of sulfonamides is 1. The van der Waals surface area contributed by atoms with Gasteiger partial charge in [-0.05, 0) is 30.7 Å². The minimum Gasteiger partial charge on any atom is -0.399 e. The Labute approximate surface area is 122 Å². The van der Waals surface area contributed by atoms with E-state index in [4.69, 9.17) is 5.73 Å². The molecule has 3 N–H and O–H groups in total. The van der Waals surface area contributed by atoms with Crippen LogP contribution in [0.2, 0.25) is 0 Å². The summed E-state index contributed by atoms with van der Waals surface area (Å²) in [6.45, 7) is 1.62. The smallest absolute Gasteiger partial charge is 0.243 e. The highest BCUT2D eigenvalue weighted by Gasteiger charge is 2.20. The second-order valence-corrected chi connectivity index (χ2v) is 6.48. The molecule has 1 aromatic heterocycles. The molecule has 2 aromatic rings. The van der Waals surface area contributed by atoms with Gasteiger partial charge in [-0.15, -0.1) is 0 Å². The summed E-state index contributed by atoms with van der Waals surface area (Å²) in [5, 5.41) is 3.99. The zero-order chi connectivity index (χ0) is 15.6. The van der Waals surface area contributed by atoms with E-state index < -0.39 is 20.7 Å². The van der Waals surface area contributed by atoms with E-state index in [0.717, 1.165) is 11.8 Å². The van der Waals surface area contributed by atoms with Crippen molar-refractivity contribution in [3.63, 3.8) is 0 Å². The van der Waals surface area contributed by atoms with Crippen molar-refractivity contribution in [3.05, 3.63) is 41.5 Å². The fourth-order valence-corrected chi connectivity index (χ4v) is 3.21. The Bertz CT molecular complexity index is 756. The molecule has 0 atom stereocenters. The number of nitrogen functional groups attached to an aromatic ring is 1. The number of nitrogens with zero attached hydrogens (tertiary/aromatic N) is 2. The Kier molecular flexibility index (Phi) is 4.29. The van der Waals surface area contributed by atoms with Crippen molar-refractivity contribution in [3.8, 4) is 0 Å². The van der Waals surface area contributed by atoms with E-state index in [1.54, 1.807) is 24.0 Å². The predicted octanol–water partition coefficient (Wildman–Crippen LogP) is 0.971. The molecule has 0 bridgehead atoms. The molecule has 0 radical (unpaired) electrons. The van der Waals surface area contributed by atoms with Crippen LogP contribution in [-0.2, 0) is 23.5 Å². The van der Waals surface area contributed by atoms with Crippen LogP contribution in [0, 0.1) is 12.7 Å². The van der Waals surface area contributed by atoms with Gasteiger partial charge in [0.1, 0.15) is 10.7 Å². The van der Waals surface area contributed by atoms with Gasteiger partial charge in [0, 0.05) is 37.6 Å². The van der Waals surface area contributed by atoms with Crippen LogP contribution in [0.25, 0.3) is 0 Å². The lowest BCUT2D eigenvalue weighted by Gasteiger charge is -2.10. The van der Waals surface area contributed by atoms with E-state index in [1.165, 1.54) is 13.0 Å². The van der Waals surface area contributed by atoms with Crippen molar-refractivity contribution >= 4 is 15.7 Å². The fourth-order valence-electron chi connectivity index (χ4n) is 2.00. The highest BCUT2D eigenvalue weighted by Crippen LogP contribution is 2.21. The fraction of sp³-hybridized carbons (Fsp3) is 0.308. The molecule has 21 heavy (non-hydrogen) atoms. The van der Waals surface area contributed by atoms with Gasteiger partial charge in [0.15, 0.2) is 0 Å². The van der Waals surface area contributed by atoms with Crippen LogP contribution >= 0.6 is 0 Å². The van der Waals surface area contributed by atoms with Gasteiger partial charge >= 0.3 is 0 Å². The first kappa shape index (κ1) is 15.5. The van der Waals surface area contributed by atoms with E-state index in [1.807, 2.05) is 0 Å². The van der Waals surface area contributed by atoms with Crippen LogP contribution < -0.4 is 10.5 Å². The predicted molar refractivity (Wildman–Crippen MR) is 77.6 cm³/mol. The molecule has 0 aliphatic heterocycles. The van der Waals surface area contributed by atoms with Crippen LogP contribution in [0.15, 0.2) is 29.3 Å². The molecule has 1 aromatic carbocycles. The van der Waals surface area contributed by atoms with Crippen molar-refractivity contribution < 1.29 is 12.8 Å². The first-order chi connectivity index (χ1) is 9.81. The molecule has 0 spiro atoms. The minimum atomic E-state index is -3.94. The van der Waals surface area contributed by atoms with E-state index in [0.29, 0.717) is 6.42 Å². The number of hydrogen-bond acceptors (Lipinski definition) is 4. The Morgan fingerprint density at radius 2 is 2.14 bits per heavy atom. The second-order valence-electron chi connectivity index (χ2n) is 4.74. The van der Waals surface area contributed by atoms with Gasteiger partial charge in [-0.2, -0.15) is 5.10 Å². The Hall–Kier alpha value is -1.93. The van der Waals surface area contributed by atoms with E-state index in [9.17, 15) is 12.8 Å². The molecule has 6 nitrogen and oxygen atoms in total. The van der Waals surface area contributed by atoms with E-state index in [2.05, 4.69) is 9.82 Å². The molecule has 0 aliphatic carbocycles. The summed E-state index contributed by atoms with van der Waals surface area (Å²) in [4.78, 5) is -0.426. The number of nitrogens with one attached hydrogen (secondary N) is 1. The lowest BCUT2D eigenvalue weighted by atomic mass is 10.2. The maximum absolute atomic E-state index is 14.0. The Balaban J connectivity index is 2.14. The highest BCUT2D eigenvalue weighted by atomic mass is 32.2. The van der Waals surface area contributed by atoms with Crippen LogP contribution in [-0.4, -0.2) is 24.7 Å². The number of aromatic nitrogens is 2. The molecule has 8 heteroatoms. The van der Waals surface area contributed by atoms with E-state index in [-0.39, 0.29) is 17.8 Å². The second kappa shape index (κ2) is 5.82. The summed E-state index contributed by atoms with van der Waals surface area (Å²) < 4.78 is 42.3. The standard InChI is InChI=1S/C13H17FN4O2S/c1-9-7-10(15)8-12(13(9)14)21(19,20)17-6-4-11-3-5-16-18(11)2/h3,5,7-8,17H,4,6,15H2,1-2H3. The average Bonchev–Trinajstić information content (AvgIpc) is 2.79. The zero-order valence-electron chi connectivity index (χ0n) is 11.8. The molecule has 114 valence electrons. The maximum Gasteiger partial charge on any atom is 0.243 e. The molecule has 1 heterocycles. The number of aryl methyl sites for hydroxylation is 2. The molecule has 2 rings (SSSR count). The van der Waals surface area contributed by atoms with Crippen molar-refractivity contribution in [1.29, 1.82) is 0 Å². The number of nitrogens with two attached hydrogens (primary N) is 1. The molecule has 0 unspecified atom stereocenters. The molecular formula is C13H17FN4O2S. The van der Waals surface area contributed by atoms with Gasteiger partial charge in [0.2, 0.25) is 10.0 Å². The number of benzene rings is 1. The molecule has 0 aliphatic rings. The zero-order valence-corrected chi connectivity index (χ0v) is 12.6. The third-order valence-corrected chi connectivity index (χ3v) is 4.59. The lowest BCUT2D eigenvalue weighted by molar-refractivity contribution is 0.552. The highest BCUT2D eigenvalue weighted by molar-refractivity contribution is 7.89. The van der Waals surface area contributed by atoms with Gasteiger partial charge in [0.05, 0.1) is 0 Å². The van der Waals surface area contributed by atoms with Gasteiger partial charge in [-0.1, -0.05) is 0 Å². The van der Waals surface area contributed by atoms with Gasteiger partial charge < -0.3 is 5.73 Å². The van der Waals surface area contributed by atoms with Gasteiger partial charge in [0.25, 0.3) is 0 Å². The number of rotatable bonds is 5. The van der Waals surface area contributed by atoms with Crippen molar-refractivity contribution in [2.75, 3.05) is 12.3 Å². The summed E-state index contributed by atoms with van der Waals surface area (Å²) >= 11 is 0. The first-order valence-electron chi connectivity index (χ1n) is 6.33. The summed E-state index contributed by atoms with van der Waals surface area (Å²) in [6, 6.07) is 4.30. The van der Waals surface area contributed by atoms with Crippen LogP contribution in [0.3, 0.4) is 0 Å². The molecule has 0 saturated heterocycles.